The average molecular weight is 294 g/mol. The number of benzene rings is 1. The van der Waals surface area contributed by atoms with Crippen LogP contribution >= 0.6 is 11.6 Å². The molecule has 1 aliphatic rings. The van der Waals surface area contributed by atoms with Crippen molar-refractivity contribution in [2.24, 2.45) is 5.92 Å². The van der Waals surface area contributed by atoms with Crippen molar-refractivity contribution in [3.05, 3.63) is 34.9 Å². The van der Waals surface area contributed by atoms with E-state index in [2.05, 4.69) is 37.4 Å². The number of nitrogens with one attached hydrogen (secondary N) is 1. The van der Waals surface area contributed by atoms with E-state index in [0.29, 0.717) is 12.1 Å². The molecule has 2 rings (SSSR count). The molecule has 1 saturated carbocycles. The molecule has 0 amide bonds. The highest BCUT2D eigenvalue weighted by Crippen LogP contribution is 2.30. The molecule has 112 valence electrons. The molecule has 1 aromatic rings. The van der Waals surface area contributed by atoms with Crippen molar-refractivity contribution in [1.29, 1.82) is 0 Å². The Balaban J connectivity index is 1.88. The summed E-state index contributed by atoms with van der Waals surface area (Å²) in [5.41, 5.74) is 1.33. The quantitative estimate of drug-likeness (QED) is 0.705. The van der Waals surface area contributed by atoms with Gasteiger partial charge in [-0.1, -0.05) is 50.4 Å². The second kappa shape index (κ2) is 8.05. The second-order valence-electron chi connectivity index (χ2n) is 6.19. The molecule has 0 aliphatic heterocycles. The zero-order chi connectivity index (χ0) is 14.4. The van der Waals surface area contributed by atoms with Crippen LogP contribution < -0.4 is 5.32 Å². The summed E-state index contributed by atoms with van der Waals surface area (Å²) in [6.07, 6.45) is 9.34. The first-order valence-electron chi connectivity index (χ1n) is 8.24. The highest BCUT2D eigenvalue weighted by Gasteiger charge is 2.22. The fraction of sp³-hybridized carbons (Fsp3) is 0.667. The van der Waals surface area contributed by atoms with Gasteiger partial charge in [0.25, 0.3) is 0 Å². The van der Waals surface area contributed by atoms with Gasteiger partial charge in [-0.3, -0.25) is 0 Å². The number of hydrogen-bond donors (Lipinski definition) is 1. The van der Waals surface area contributed by atoms with Crippen LogP contribution in [0.2, 0.25) is 5.02 Å². The van der Waals surface area contributed by atoms with Gasteiger partial charge in [-0.25, -0.2) is 0 Å². The van der Waals surface area contributed by atoms with Crippen LogP contribution in [0.15, 0.2) is 24.3 Å². The van der Waals surface area contributed by atoms with Gasteiger partial charge in [-0.15, -0.1) is 0 Å². The van der Waals surface area contributed by atoms with Gasteiger partial charge in [0.2, 0.25) is 0 Å². The molecule has 0 heterocycles. The highest BCUT2D eigenvalue weighted by molar-refractivity contribution is 6.30. The molecule has 1 N–H and O–H groups in total. The number of rotatable bonds is 6. The molecule has 20 heavy (non-hydrogen) atoms. The molecule has 1 unspecified atom stereocenters. The van der Waals surface area contributed by atoms with Crippen LogP contribution in [0.3, 0.4) is 0 Å². The third-order valence-electron chi connectivity index (χ3n) is 4.64. The molecular weight excluding hydrogens is 266 g/mol. The third-order valence-corrected chi connectivity index (χ3v) is 4.87. The zero-order valence-electron chi connectivity index (χ0n) is 12.9. The molecule has 1 nitrogen and oxygen atoms in total. The molecule has 0 aromatic heterocycles. The maximum atomic E-state index is 6.11. The van der Waals surface area contributed by atoms with E-state index in [0.717, 1.165) is 17.4 Å². The SMILES string of the molecule is CCCC1CCC(NC(CC)c2cccc(Cl)c2)CC1. The summed E-state index contributed by atoms with van der Waals surface area (Å²) < 4.78 is 0. The fourth-order valence-corrected chi connectivity index (χ4v) is 3.68. The van der Waals surface area contributed by atoms with Gasteiger partial charge in [0.05, 0.1) is 0 Å². The lowest BCUT2D eigenvalue weighted by Gasteiger charge is -2.32. The number of halogens is 1. The summed E-state index contributed by atoms with van der Waals surface area (Å²) in [5.74, 6) is 0.976. The maximum absolute atomic E-state index is 6.11. The minimum Gasteiger partial charge on any atom is -0.307 e. The normalized spacial score (nSPS) is 24.6. The Hall–Kier alpha value is -0.530. The Kier molecular flexibility index (Phi) is 6.38. The second-order valence-corrected chi connectivity index (χ2v) is 6.63. The van der Waals surface area contributed by atoms with Crippen molar-refractivity contribution >= 4 is 11.6 Å². The van der Waals surface area contributed by atoms with Crippen LogP contribution in [-0.2, 0) is 0 Å². The lowest BCUT2D eigenvalue weighted by atomic mass is 9.83. The van der Waals surface area contributed by atoms with Gasteiger partial charge in [0, 0.05) is 17.1 Å². The molecule has 0 radical (unpaired) electrons. The van der Waals surface area contributed by atoms with Gasteiger partial charge in [-0.2, -0.15) is 0 Å². The average Bonchev–Trinajstić information content (AvgIpc) is 2.47. The van der Waals surface area contributed by atoms with Crippen LogP contribution in [0.1, 0.15) is 70.4 Å². The Morgan fingerprint density at radius 3 is 2.55 bits per heavy atom. The van der Waals surface area contributed by atoms with Crippen molar-refractivity contribution in [2.75, 3.05) is 0 Å². The first-order valence-corrected chi connectivity index (χ1v) is 8.62. The Morgan fingerprint density at radius 2 is 1.95 bits per heavy atom. The zero-order valence-corrected chi connectivity index (χ0v) is 13.6. The van der Waals surface area contributed by atoms with Gasteiger partial charge in [-0.05, 0) is 55.7 Å². The molecule has 1 fully saturated rings. The van der Waals surface area contributed by atoms with Crippen molar-refractivity contribution in [1.82, 2.24) is 5.32 Å². The van der Waals surface area contributed by atoms with Crippen molar-refractivity contribution in [2.45, 2.75) is 70.9 Å². The molecule has 0 spiro atoms. The molecule has 0 bridgehead atoms. The molecule has 0 saturated heterocycles. The monoisotopic (exact) mass is 293 g/mol. The van der Waals surface area contributed by atoms with E-state index >= 15 is 0 Å². The lowest BCUT2D eigenvalue weighted by Crippen LogP contribution is -2.35. The summed E-state index contributed by atoms with van der Waals surface area (Å²) in [6, 6.07) is 9.43. The molecule has 1 aromatic carbocycles. The van der Waals surface area contributed by atoms with E-state index < -0.39 is 0 Å². The molecular formula is C18H28ClN. The summed E-state index contributed by atoms with van der Waals surface area (Å²) in [6.45, 7) is 4.55. The maximum Gasteiger partial charge on any atom is 0.0409 e. The van der Waals surface area contributed by atoms with Crippen LogP contribution in [-0.4, -0.2) is 6.04 Å². The van der Waals surface area contributed by atoms with Crippen molar-refractivity contribution in [3.63, 3.8) is 0 Å². The van der Waals surface area contributed by atoms with E-state index in [-0.39, 0.29) is 0 Å². The van der Waals surface area contributed by atoms with Crippen LogP contribution in [0.4, 0.5) is 0 Å². The van der Waals surface area contributed by atoms with Gasteiger partial charge in [0.15, 0.2) is 0 Å². The molecule has 2 heteroatoms. The van der Waals surface area contributed by atoms with Gasteiger partial charge < -0.3 is 5.32 Å². The number of hydrogen-bond acceptors (Lipinski definition) is 1. The van der Waals surface area contributed by atoms with E-state index in [4.69, 9.17) is 11.6 Å². The lowest BCUT2D eigenvalue weighted by molar-refractivity contribution is 0.261. The predicted molar refractivity (Wildman–Crippen MR) is 88.3 cm³/mol. The van der Waals surface area contributed by atoms with E-state index in [1.54, 1.807) is 0 Å². The standard InChI is InChI=1S/C18H28ClN/c1-3-6-14-9-11-17(12-10-14)20-18(4-2)15-7-5-8-16(19)13-15/h5,7-8,13-14,17-18,20H,3-4,6,9-12H2,1-2H3. The van der Waals surface area contributed by atoms with Gasteiger partial charge >= 0.3 is 0 Å². The summed E-state index contributed by atoms with van der Waals surface area (Å²) in [7, 11) is 0. The highest BCUT2D eigenvalue weighted by atomic mass is 35.5. The molecule has 1 aliphatic carbocycles. The van der Waals surface area contributed by atoms with Crippen LogP contribution in [0, 0.1) is 5.92 Å². The smallest absolute Gasteiger partial charge is 0.0409 e. The van der Waals surface area contributed by atoms with Gasteiger partial charge in [0.1, 0.15) is 0 Å². The topological polar surface area (TPSA) is 12.0 Å². The Morgan fingerprint density at radius 1 is 1.20 bits per heavy atom. The minimum absolute atomic E-state index is 0.446. The summed E-state index contributed by atoms with van der Waals surface area (Å²) in [4.78, 5) is 0. The Bertz CT molecular complexity index is 396. The van der Waals surface area contributed by atoms with E-state index in [1.165, 1.54) is 44.1 Å². The Labute approximate surface area is 129 Å². The first-order chi connectivity index (χ1) is 9.72. The van der Waals surface area contributed by atoms with E-state index in [1.807, 2.05) is 6.07 Å². The fourth-order valence-electron chi connectivity index (χ4n) is 3.48. The molecule has 1 atom stereocenters. The largest absolute Gasteiger partial charge is 0.307 e. The summed E-state index contributed by atoms with van der Waals surface area (Å²) >= 11 is 6.11. The van der Waals surface area contributed by atoms with Crippen molar-refractivity contribution in [3.8, 4) is 0 Å². The van der Waals surface area contributed by atoms with Crippen LogP contribution in [0.25, 0.3) is 0 Å². The van der Waals surface area contributed by atoms with Crippen molar-refractivity contribution < 1.29 is 0 Å². The minimum atomic E-state index is 0.446. The predicted octanol–water partition coefficient (Wildman–Crippen LogP) is 5.74. The third kappa shape index (κ3) is 4.49. The summed E-state index contributed by atoms with van der Waals surface area (Å²) in [5, 5.41) is 4.70. The van der Waals surface area contributed by atoms with Crippen LogP contribution in [0.5, 0.6) is 0 Å². The first kappa shape index (κ1) is 15.9. The van der Waals surface area contributed by atoms with E-state index in [9.17, 15) is 0 Å².